The summed E-state index contributed by atoms with van der Waals surface area (Å²) in [7, 11) is 1.42. The zero-order valence-electron chi connectivity index (χ0n) is 14.1. The van der Waals surface area contributed by atoms with E-state index in [0.717, 1.165) is 11.1 Å². The van der Waals surface area contributed by atoms with Gasteiger partial charge in [-0.1, -0.05) is 17.2 Å². The second kappa shape index (κ2) is 7.03. The molecule has 0 saturated heterocycles. The van der Waals surface area contributed by atoms with Crippen LogP contribution in [-0.2, 0) is 0 Å². The number of rotatable bonds is 4. The van der Waals surface area contributed by atoms with Crippen LogP contribution < -0.4 is 10.1 Å². The molecule has 1 heterocycles. The van der Waals surface area contributed by atoms with Crippen molar-refractivity contribution in [3.63, 3.8) is 0 Å². The van der Waals surface area contributed by atoms with Gasteiger partial charge in [0, 0.05) is 16.5 Å². The van der Waals surface area contributed by atoms with Crippen molar-refractivity contribution in [1.29, 1.82) is 0 Å². The molecule has 25 heavy (non-hydrogen) atoms. The summed E-state index contributed by atoms with van der Waals surface area (Å²) in [6, 6.07) is 10.3. The molecule has 2 aromatic carbocycles. The maximum absolute atomic E-state index is 13.8. The highest BCUT2D eigenvalue weighted by Crippen LogP contribution is 2.28. The Morgan fingerprint density at radius 1 is 1.16 bits per heavy atom. The summed E-state index contributed by atoms with van der Waals surface area (Å²) in [6.07, 6.45) is 0. The van der Waals surface area contributed by atoms with Crippen molar-refractivity contribution in [3.8, 4) is 17.0 Å². The van der Waals surface area contributed by atoms with Gasteiger partial charge in [0.15, 0.2) is 16.7 Å². The molecule has 0 atom stereocenters. The minimum atomic E-state index is -0.450. The number of ether oxygens (including phenoxy) is 1. The SMILES string of the molecule is COc1ccc(-c2csc(NC(=O)c3cc(C)cc(C)c3)n2)cc1F. The quantitative estimate of drug-likeness (QED) is 0.729. The molecule has 0 spiro atoms. The van der Waals surface area contributed by atoms with Gasteiger partial charge in [-0.15, -0.1) is 11.3 Å². The van der Waals surface area contributed by atoms with Crippen LogP contribution in [0.4, 0.5) is 9.52 Å². The van der Waals surface area contributed by atoms with E-state index < -0.39 is 5.82 Å². The third kappa shape index (κ3) is 3.85. The number of nitrogens with one attached hydrogen (secondary N) is 1. The van der Waals surface area contributed by atoms with E-state index in [0.29, 0.717) is 22.0 Å². The molecule has 3 aromatic rings. The first kappa shape index (κ1) is 17.1. The maximum atomic E-state index is 13.8. The minimum absolute atomic E-state index is 0.183. The molecule has 1 N–H and O–H groups in total. The Bertz CT molecular complexity index is 917. The molecule has 128 valence electrons. The summed E-state index contributed by atoms with van der Waals surface area (Å²) in [5.41, 5.74) is 3.87. The third-order valence-electron chi connectivity index (χ3n) is 3.66. The van der Waals surface area contributed by atoms with E-state index in [-0.39, 0.29) is 11.7 Å². The van der Waals surface area contributed by atoms with Crippen molar-refractivity contribution in [2.75, 3.05) is 12.4 Å². The molecule has 0 aliphatic rings. The van der Waals surface area contributed by atoms with Gasteiger partial charge in [-0.05, 0) is 44.2 Å². The van der Waals surface area contributed by atoms with Gasteiger partial charge in [0.2, 0.25) is 0 Å². The largest absolute Gasteiger partial charge is 0.494 e. The third-order valence-corrected chi connectivity index (χ3v) is 4.41. The predicted molar refractivity (Wildman–Crippen MR) is 97.9 cm³/mol. The fraction of sp³-hybridized carbons (Fsp3) is 0.158. The molecular weight excluding hydrogens is 339 g/mol. The zero-order valence-corrected chi connectivity index (χ0v) is 14.9. The topological polar surface area (TPSA) is 51.2 Å². The molecule has 4 nitrogen and oxygen atoms in total. The smallest absolute Gasteiger partial charge is 0.257 e. The summed E-state index contributed by atoms with van der Waals surface area (Å²) in [5.74, 6) is -0.482. The van der Waals surface area contributed by atoms with Gasteiger partial charge in [0.25, 0.3) is 5.91 Å². The molecule has 6 heteroatoms. The summed E-state index contributed by atoms with van der Waals surface area (Å²) < 4.78 is 18.7. The number of hydrogen-bond acceptors (Lipinski definition) is 4. The minimum Gasteiger partial charge on any atom is -0.494 e. The summed E-state index contributed by atoms with van der Waals surface area (Å²) in [5, 5.41) is 5.03. The van der Waals surface area contributed by atoms with Crippen LogP contribution in [-0.4, -0.2) is 18.0 Å². The molecule has 0 fully saturated rings. The summed E-state index contributed by atoms with van der Waals surface area (Å²) in [6.45, 7) is 3.90. The van der Waals surface area contributed by atoms with Crippen LogP contribution in [0.3, 0.4) is 0 Å². The van der Waals surface area contributed by atoms with Crippen LogP contribution >= 0.6 is 11.3 Å². The van der Waals surface area contributed by atoms with E-state index >= 15 is 0 Å². The van der Waals surface area contributed by atoms with E-state index in [1.54, 1.807) is 17.5 Å². The van der Waals surface area contributed by atoms with Crippen LogP contribution in [0.2, 0.25) is 0 Å². The Morgan fingerprint density at radius 3 is 2.52 bits per heavy atom. The van der Waals surface area contributed by atoms with Gasteiger partial charge in [0.05, 0.1) is 12.8 Å². The van der Waals surface area contributed by atoms with Gasteiger partial charge in [-0.2, -0.15) is 0 Å². The fourth-order valence-electron chi connectivity index (χ4n) is 2.56. The van der Waals surface area contributed by atoms with Crippen molar-refractivity contribution in [2.45, 2.75) is 13.8 Å². The first-order chi connectivity index (χ1) is 12.0. The molecule has 0 aliphatic heterocycles. The van der Waals surface area contributed by atoms with Crippen LogP contribution in [0, 0.1) is 19.7 Å². The van der Waals surface area contributed by atoms with E-state index in [1.807, 2.05) is 32.0 Å². The number of carbonyl (C=O) groups is 1. The Morgan fingerprint density at radius 2 is 1.88 bits per heavy atom. The number of anilines is 1. The number of methoxy groups -OCH3 is 1. The molecular formula is C19H17FN2O2S. The van der Waals surface area contributed by atoms with Crippen LogP contribution in [0.15, 0.2) is 41.8 Å². The fourth-order valence-corrected chi connectivity index (χ4v) is 3.28. The highest BCUT2D eigenvalue weighted by atomic mass is 32.1. The van der Waals surface area contributed by atoms with Gasteiger partial charge in [-0.3, -0.25) is 10.1 Å². The van der Waals surface area contributed by atoms with Crippen molar-refractivity contribution in [3.05, 3.63) is 64.3 Å². The number of hydrogen-bond donors (Lipinski definition) is 1. The van der Waals surface area contributed by atoms with Crippen molar-refractivity contribution >= 4 is 22.4 Å². The number of halogens is 1. The van der Waals surface area contributed by atoms with Crippen molar-refractivity contribution in [1.82, 2.24) is 4.98 Å². The van der Waals surface area contributed by atoms with Gasteiger partial charge >= 0.3 is 0 Å². The average Bonchev–Trinajstić information content (AvgIpc) is 3.02. The van der Waals surface area contributed by atoms with E-state index in [9.17, 15) is 9.18 Å². The lowest BCUT2D eigenvalue weighted by molar-refractivity contribution is 0.102. The molecule has 0 bridgehead atoms. The van der Waals surface area contributed by atoms with E-state index in [2.05, 4.69) is 10.3 Å². The Labute approximate surface area is 149 Å². The van der Waals surface area contributed by atoms with Crippen molar-refractivity contribution < 1.29 is 13.9 Å². The number of aromatic nitrogens is 1. The van der Waals surface area contributed by atoms with E-state index in [1.165, 1.54) is 24.5 Å². The van der Waals surface area contributed by atoms with E-state index in [4.69, 9.17) is 4.74 Å². The molecule has 0 saturated carbocycles. The van der Waals surface area contributed by atoms with Crippen molar-refractivity contribution in [2.24, 2.45) is 0 Å². The highest BCUT2D eigenvalue weighted by Gasteiger charge is 2.12. The normalized spacial score (nSPS) is 10.6. The molecule has 0 aliphatic carbocycles. The van der Waals surface area contributed by atoms with Crippen LogP contribution in [0.1, 0.15) is 21.5 Å². The number of amides is 1. The molecule has 1 aromatic heterocycles. The molecule has 0 unspecified atom stereocenters. The zero-order chi connectivity index (χ0) is 18.0. The van der Waals surface area contributed by atoms with Crippen LogP contribution in [0.25, 0.3) is 11.3 Å². The average molecular weight is 356 g/mol. The number of benzene rings is 2. The number of aryl methyl sites for hydroxylation is 2. The monoisotopic (exact) mass is 356 g/mol. The number of thiazole rings is 1. The lowest BCUT2D eigenvalue weighted by atomic mass is 10.1. The van der Waals surface area contributed by atoms with Gasteiger partial charge in [0.1, 0.15) is 0 Å². The summed E-state index contributed by atoms with van der Waals surface area (Å²) in [4.78, 5) is 16.7. The second-order valence-electron chi connectivity index (χ2n) is 5.72. The van der Waals surface area contributed by atoms with Gasteiger partial charge < -0.3 is 4.74 Å². The molecule has 0 radical (unpaired) electrons. The first-order valence-corrected chi connectivity index (χ1v) is 8.53. The number of carbonyl (C=O) groups excluding carboxylic acids is 1. The lowest BCUT2D eigenvalue weighted by Crippen LogP contribution is -2.12. The Hall–Kier alpha value is -2.73. The Kier molecular flexibility index (Phi) is 4.81. The number of nitrogens with zero attached hydrogens (tertiary/aromatic N) is 1. The molecule has 1 amide bonds. The maximum Gasteiger partial charge on any atom is 0.257 e. The first-order valence-electron chi connectivity index (χ1n) is 7.65. The highest BCUT2D eigenvalue weighted by molar-refractivity contribution is 7.14. The lowest BCUT2D eigenvalue weighted by Gasteiger charge is -2.05. The van der Waals surface area contributed by atoms with Gasteiger partial charge in [-0.25, -0.2) is 9.37 Å². The Balaban J connectivity index is 1.79. The summed E-state index contributed by atoms with van der Waals surface area (Å²) >= 11 is 1.29. The standard InChI is InChI=1S/C19H17FN2O2S/c1-11-6-12(2)8-14(7-11)18(23)22-19-21-16(10-25-19)13-4-5-17(24-3)15(20)9-13/h4-10H,1-3H3,(H,21,22,23). The van der Waals surface area contributed by atoms with Crippen LogP contribution in [0.5, 0.6) is 5.75 Å². The second-order valence-corrected chi connectivity index (χ2v) is 6.58. The predicted octanol–water partition coefficient (Wildman–Crippen LogP) is 4.83. The molecule has 3 rings (SSSR count).